The fourth-order valence-corrected chi connectivity index (χ4v) is 8.53. The number of imide groups is 1. The highest BCUT2D eigenvalue weighted by Gasteiger charge is 2.69. The monoisotopic (exact) mass is 792 g/mol. The maximum Gasteiger partial charge on any atom is 0.417 e. The molecule has 2 aliphatic heterocycles. The molecule has 1 aliphatic carbocycles. The van der Waals surface area contributed by atoms with Gasteiger partial charge in [-0.15, -0.1) is 0 Å². The van der Waals surface area contributed by atoms with Crippen LogP contribution in [0.1, 0.15) is 42.0 Å². The number of halogens is 5. The van der Waals surface area contributed by atoms with Crippen molar-refractivity contribution in [3.8, 4) is 17.2 Å². The molecular formula is C38H29Cl2F3N6O6. The predicted molar refractivity (Wildman–Crippen MR) is 194 cm³/mol. The number of rotatable bonds is 7. The number of carbonyl (C=O) groups is 2. The largest absolute Gasteiger partial charge is 0.504 e. The lowest BCUT2D eigenvalue weighted by Crippen LogP contribution is -2.53. The summed E-state index contributed by atoms with van der Waals surface area (Å²) in [6.45, 7) is 1.84. The van der Waals surface area contributed by atoms with E-state index in [1.165, 1.54) is 15.4 Å². The molecule has 2 fully saturated rings. The van der Waals surface area contributed by atoms with Gasteiger partial charge < -0.3 is 9.84 Å². The average Bonchev–Trinajstić information content (AvgIpc) is 3.54. The molecule has 0 bridgehead atoms. The molecule has 4 atom stereocenters. The van der Waals surface area contributed by atoms with E-state index in [2.05, 4.69) is 10.4 Å². The Morgan fingerprint density at radius 1 is 0.982 bits per heavy atom. The average molecular weight is 794 g/mol. The van der Waals surface area contributed by atoms with Gasteiger partial charge in [0.15, 0.2) is 17.3 Å². The number of hydrogen-bond acceptors (Lipinski definition) is 8. The predicted octanol–water partition coefficient (Wildman–Crippen LogP) is 6.24. The normalized spacial score (nSPS) is 21.8. The number of fused-ring (bicyclic) bond motifs is 4. The van der Waals surface area contributed by atoms with Gasteiger partial charge in [0.25, 0.3) is 11.8 Å². The van der Waals surface area contributed by atoms with E-state index in [1.54, 1.807) is 79.7 Å². The summed E-state index contributed by atoms with van der Waals surface area (Å²) in [6.07, 6.45) is -2.63. The highest BCUT2D eigenvalue weighted by molar-refractivity contribution is 6.33. The first-order chi connectivity index (χ1) is 26.3. The van der Waals surface area contributed by atoms with Crippen molar-refractivity contribution in [1.29, 1.82) is 0 Å². The smallest absolute Gasteiger partial charge is 0.417 e. The summed E-state index contributed by atoms with van der Waals surface area (Å²) in [5, 5.41) is 11.3. The number of amides is 2. The first-order valence-corrected chi connectivity index (χ1v) is 17.8. The summed E-state index contributed by atoms with van der Waals surface area (Å²) in [4.78, 5) is 62.1. The molecular weight excluding hydrogens is 764 g/mol. The Labute approximate surface area is 319 Å². The minimum absolute atomic E-state index is 0.0663. The van der Waals surface area contributed by atoms with Crippen molar-refractivity contribution in [3.63, 3.8) is 0 Å². The fourth-order valence-electron chi connectivity index (χ4n) is 8.20. The summed E-state index contributed by atoms with van der Waals surface area (Å²) >= 11 is 12.6. The molecule has 1 saturated heterocycles. The number of hydrogen-bond donors (Lipinski definition) is 2. The van der Waals surface area contributed by atoms with Crippen molar-refractivity contribution in [1.82, 2.24) is 23.9 Å². The van der Waals surface area contributed by atoms with Crippen molar-refractivity contribution in [2.75, 3.05) is 12.0 Å². The maximum atomic E-state index is 15.3. The van der Waals surface area contributed by atoms with Crippen LogP contribution in [-0.2, 0) is 27.7 Å². The Hall–Kier alpha value is -5.80. The number of benzene rings is 3. The van der Waals surface area contributed by atoms with Gasteiger partial charge in [0.2, 0.25) is 0 Å². The third-order valence-electron chi connectivity index (χ3n) is 10.5. The lowest BCUT2D eigenvalue weighted by Gasteiger charge is -2.49. The van der Waals surface area contributed by atoms with Crippen LogP contribution in [0.2, 0.25) is 10.0 Å². The van der Waals surface area contributed by atoms with Gasteiger partial charge in [0.1, 0.15) is 0 Å². The number of carbonyl (C=O) groups excluding carboxylic acids is 2. The molecule has 0 radical (unpaired) electrons. The number of para-hydroxylation sites is 1. The van der Waals surface area contributed by atoms with Crippen molar-refractivity contribution < 1.29 is 32.6 Å². The van der Waals surface area contributed by atoms with Crippen molar-refractivity contribution in [2.24, 2.45) is 5.92 Å². The van der Waals surface area contributed by atoms with Crippen LogP contribution in [-0.4, -0.2) is 47.5 Å². The molecule has 2 aromatic heterocycles. The zero-order valence-electron chi connectivity index (χ0n) is 28.6. The highest BCUT2D eigenvalue weighted by Crippen LogP contribution is 2.62. The van der Waals surface area contributed by atoms with Gasteiger partial charge >= 0.3 is 17.6 Å². The topological polar surface area (TPSA) is 141 Å². The Morgan fingerprint density at radius 2 is 1.71 bits per heavy atom. The Balaban J connectivity index is 1.37. The second kappa shape index (κ2) is 13.2. The number of pyridine rings is 1. The number of hydrazine groups is 1. The second-order valence-corrected chi connectivity index (χ2v) is 14.1. The maximum absolute atomic E-state index is 15.3. The molecule has 8 rings (SSSR count). The van der Waals surface area contributed by atoms with Crippen molar-refractivity contribution in [3.05, 3.63) is 144 Å². The number of aromatic nitrogens is 4. The molecule has 12 nitrogen and oxygen atoms in total. The minimum Gasteiger partial charge on any atom is -0.504 e. The van der Waals surface area contributed by atoms with E-state index in [4.69, 9.17) is 27.9 Å². The number of nitrogens with zero attached hydrogens (tertiary/aromatic N) is 5. The molecule has 0 spiro atoms. The molecule has 1 saturated carbocycles. The molecule has 3 aromatic carbocycles. The second-order valence-electron chi connectivity index (χ2n) is 13.3. The highest BCUT2D eigenvalue weighted by atomic mass is 35.5. The molecule has 282 valence electrons. The molecule has 3 aliphatic rings. The SMILES string of the molecule is CCOc1cc(C2C3=CCn4c(=O)n(-c5ccccc5)c(=O)n4C3CC3C(=O)N(Nc4ncc(C(F)(F)F)cc4Cl)C(=O)C32c2ccc(Cl)cc2)ccc1O. The van der Waals surface area contributed by atoms with Gasteiger partial charge in [-0.25, -0.2) is 28.5 Å². The van der Waals surface area contributed by atoms with Crippen LogP contribution >= 0.6 is 23.2 Å². The van der Waals surface area contributed by atoms with E-state index in [-0.39, 0.29) is 36.9 Å². The molecule has 2 N–H and O–H groups in total. The first-order valence-electron chi connectivity index (χ1n) is 17.1. The summed E-state index contributed by atoms with van der Waals surface area (Å²) < 4.78 is 49.8. The molecule has 2 amide bonds. The number of phenolic OH excluding ortho intramolecular Hbond substituents is 1. The zero-order chi connectivity index (χ0) is 39.0. The molecule has 55 heavy (non-hydrogen) atoms. The van der Waals surface area contributed by atoms with Crippen LogP contribution in [0.15, 0.2) is 106 Å². The van der Waals surface area contributed by atoms with Crippen LogP contribution in [0, 0.1) is 5.92 Å². The van der Waals surface area contributed by atoms with E-state index in [0.29, 0.717) is 44.7 Å². The van der Waals surface area contributed by atoms with Crippen molar-refractivity contribution >= 4 is 40.8 Å². The first kappa shape index (κ1) is 36.2. The van der Waals surface area contributed by atoms with Crippen LogP contribution in [0.4, 0.5) is 19.0 Å². The summed E-state index contributed by atoms with van der Waals surface area (Å²) in [6, 6.07) is 18.9. The third-order valence-corrected chi connectivity index (χ3v) is 11.0. The van der Waals surface area contributed by atoms with E-state index in [0.717, 1.165) is 4.57 Å². The van der Waals surface area contributed by atoms with Gasteiger partial charge in [0, 0.05) is 17.1 Å². The molecule has 17 heteroatoms. The Morgan fingerprint density at radius 3 is 2.38 bits per heavy atom. The Bertz CT molecular complexity index is 2530. The lowest BCUT2D eigenvalue weighted by molar-refractivity contribution is -0.139. The minimum atomic E-state index is -4.76. The van der Waals surface area contributed by atoms with Crippen LogP contribution < -0.4 is 21.5 Å². The van der Waals surface area contributed by atoms with Crippen LogP contribution in [0.5, 0.6) is 11.5 Å². The number of nitrogens with one attached hydrogen (secondary N) is 1. The summed E-state index contributed by atoms with van der Waals surface area (Å²) in [7, 11) is 0. The van der Waals surface area contributed by atoms with E-state index >= 15 is 4.79 Å². The number of allylic oxidation sites excluding steroid dienone is 2. The number of phenols is 1. The third kappa shape index (κ3) is 5.55. The van der Waals surface area contributed by atoms with Crippen LogP contribution in [0.25, 0.3) is 5.69 Å². The fraction of sp³-hybridized carbons (Fsp3) is 0.237. The van der Waals surface area contributed by atoms with Gasteiger partial charge in [-0.2, -0.15) is 18.2 Å². The quantitative estimate of drug-likeness (QED) is 0.146. The molecule has 5 aromatic rings. The van der Waals surface area contributed by atoms with Gasteiger partial charge in [0.05, 0.1) is 46.8 Å². The number of anilines is 1. The number of ether oxygens (including phenoxy) is 1. The summed E-state index contributed by atoms with van der Waals surface area (Å²) in [5.41, 5.74) is 0.0435. The zero-order valence-corrected chi connectivity index (χ0v) is 30.1. The van der Waals surface area contributed by atoms with E-state index in [9.17, 15) is 32.7 Å². The number of alkyl halides is 3. The van der Waals surface area contributed by atoms with Gasteiger partial charge in [-0.1, -0.05) is 65.7 Å². The lowest BCUT2D eigenvalue weighted by atomic mass is 9.53. The van der Waals surface area contributed by atoms with Crippen molar-refractivity contribution in [2.45, 2.75) is 43.4 Å². The van der Waals surface area contributed by atoms with E-state index < -0.39 is 63.2 Å². The molecule has 4 unspecified atom stereocenters. The van der Waals surface area contributed by atoms with Crippen LogP contribution in [0.3, 0.4) is 0 Å². The van der Waals surface area contributed by atoms with Gasteiger partial charge in [-0.05, 0) is 72.5 Å². The number of aromatic hydroxyl groups is 1. The summed E-state index contributed by atoms with van der Waals surface area (Å²) in [5.74, 6) is -4.37. The Kier molecular flexibility index (Phi) is 8.68. The standard InChI is InChI=1S/C38H29Cl2F3N6O6/c1-2-55-30-16-20(8-13-29(30)50)31-25-14-15-46-35(53)47(24-6-4-3-5-7-24)36(54)49(46)28(25)18-26-33(51)48(34(52)37(26,31)21-9-11-23(39)12-10-21)45-32-27(40)17-22(19-44-32)38(41,42)43/h3-14,16-17,19,26,28,31,50H,2,15,18H2,1H3,(H,44,45). The van der Waals surface area contributed by atoms with Gasteiger partial charge in [-0.3, -0.25) is 15.0 Å². The molecule has 4 heterocycles. The van der Waals surface area contributed by atoms with E-state index in [1.807, 2.05) is 0 Å².